The van der Waals surface area contributed by atoms with Crippen molar-refractivity contribution in [3.05, 3.63) is 23.7 Å². The minimum Gasteiger partial charge on any atom is -0.475 e. The van der Waals surface area contributed by atoms with Gasteiger partial charge in [0.2, 0.25) is 11.7 Å². The van der Waals surface area contributed by atoms with Crippen LogP contribution in [0.4, 0.5) is 0 Å². The SMILES string of the molecule is CC(CC(N)=O)NC(C)c1ccc(C(=O)O)o1. The average Bonchev–Trinajstić information content (AvgIpc) is 2.64. The third-order valence-corrected chi connectivity index (χ3v) is 2.31. The smallest absolute Gasteiger partial charge is 0.371 e. The van der Waals surface area contributed by atoms with Gasteiger partial charge in [-0.1, -0.05) is 0 Å². The molecular formula is C11H16N2O4. The van der Waals surface area contributed by atoms with E-state index in [0.29, 0.717) is 5.76 Å². The lowest BCUT2D eigenvalue weighted by Crippen LogP contribution is -2.32. The highest BCUT2D eigenvalue weighted by molar-refractivity contribution is 5.84. The molecule has 0 saturated heterocycles. The largest absolute Gasteiger partial charge is 0.475 e. The molecule has 17 heavy (non-hydrogen) atoms. The van der Waals surface area contributed by atoms with Crippen molar-refractivity contribution in [1.82, 2.24) is 5.32 Å². The summed E-state index contributed by atoms with van der Waals surface area (Å²) in [6, 6.07) is 2.71. The van der Waals surface area contributed by atoms with Gasteiger partial charge in [-0.3, -0.25) is 4.79 Å². The van der Waals surface area contributed by atoms with E-state index in [1.165, 1.54) is 6.07 Å². The summed E-state index contributed by atoms with van der Waals surface area (Å²) in [5.74, 6) is -1.08. The maximum atomic E-state index is 10.7. The van der Waals surface area contributed by atoms with E-state index in [4.69, 9.17) is 15.3 Å². The first-order valence-electron chi connectivity index (χ1n) is 5.27. The third-order valence-electron chi connectivity index (χ3n) is 2.31. The van der Waals surface area contributed by atoms with Crippen LogP contribution in [-0.4, -0.2) is 23.0 Å². The Hall–Kier alpha value is -1.82. The minimum absolute atomic E-state index is 0.0964. The Morgan fingerprint density at radius 2 is 2.12 bits per heavy atom. The summed E-state index contributed by atoms with van der Waals surface area (Å²) in [5.41, 5.74) is 5.07. The second-order valence-electron chi connectivity index (χ2n) is 3.97. The number of carbonyl (C=O) groups excluding carboxylic acids is 1. The summed E-state index contributed by atoms with van der Waals surface area (Å²) in [7, 11) is 0. The summed E-state index contributed by atoms with van der Waals surface area (Å²) >= 11 is 0. The van der Waals surface area contributed by atoms with Crippen LogP contribution in [-0.2, 0) is 4.79 Å². The molecule has 0 saturated carbocycles. The van der Waals surface area contributed by atoms with E-state index < -0.39 is 5.97 Å². The molecule has 1 heterocycles. The van der Waals surface area contributed by atoms with E-state index in [1.54, 1.807) is 6.07 Å². The van der Waals surface area contributed by atoms with Crippen molar-refractivity contribution in [3.63, 3.8) is 0 Å². The molecule has 4 N–H and O–H groups in total. The molecular weight excluding hydrogens is 224 g/mol. The highest BCUT2D eigenvalue weighted by Gasteiger charge is 2.16. The zero-order valence-corrected chi connectivity index (χ0v) is 9.77. The van der Waals surface area contributed by atoms with Crippen LogP contribution in [0.5, 0.6) is 0 Å². The fourth-order valence-electron chi connectivity index (χ4n) is 1.57. The Balaban J connectivity index is 2.59. The summed E-state index contributed by atoms with van der Waals surface area (Å²) in [6.45, 7) is 3.64. The quantitative estimate of drug-likeness (QED) is 0.684. The molecule has 1 aromatic rings. The normalized spacial score (nSPS) is 14.2. The Labute approximate surface area is 98.8 Å². The van der Waals surface area contributed by atoms with E-state index in [2.05, 4.69) is 5.32 Å². The standard InChI is InChI=1S/C11H16N2O4/c1-6(5-10(12)14)13-7(2)8-3-4-9(17-8)11(15)16/h3-4,6-7,13H,5H2,1-2H3,(H2,12,14)(H,15,16). The van der Waals surface area contributed by atoms with Gasteiger partial charge >= 0.3 is 5.97 Å². The number of aromatic carboxylic acids is 1. The molecule has 94 valence electrons. The van der Waals surface area contributed by atoms with E-state index in [0.717, 1.165) is 0 Å². The Morgan fingerprint density at radius 3 is 2.59 bits per heavy atom. The van der Waals surface area contributed by atoms with Crippen LogP contribution in [0.2, 0.25) is 0 Å². The van der Waals surface area contributed by atoms with Gasteiger partial charge in [-0.25, -0.2) is 4.79 Å². The van der Waals surface area contributed by atoms with Crippen molar-refractivity contribution in [2.75, 3.05) is 0 Å². The van der Waals surface area contributed by atoms with Crippen molar-refractivity contribution >= 4 is 11.9 Å². The lowest BCUT2D eigenvalue weighted by molar-refractivity contribution is -0.118. The number of nitrogens with two attached hydrogens (primary N) is 1. The van der Waals surface area contributed by atoms with Gasteiger partial charge in [0.25, 0.3) is 0 Å². The predicted molar refractivity (Wildman–Crippen MR) is 60.5 cm³/mol. The van der Waals surface area contributed by atoms with Crippen molar-refractivity contribution in [2.24, 2.45) is 5.73 Å². The van der Waals surface area contributed by atoms with E-state index in [9.17, 15) is 9.59 Å². The molecule has 0 radical (unpaired) electrons. The molecule has 1 rings (SSSR count). The lowest BCUT2D eigenvalue weighted by atomic mass is 10.2. The first kappa shape index (κ1) is 13.2. The predicted octanol–water partition coefficient (Wildman–Crippen LogP) is 0.892. The van der Waals surface area contributed by atoms with Crippen LogP contribution in [0.25, 0.3) is 0 Å². The van der Waals surface area contributed by atoms with E-state index in [1.807, 2.05) is 13.8 Å². The summed E-state index contributed by atoms with van der Waals surface area (Å²) < 4.78 is 5.13. The fourth-order valence-corrected chi connectivity index (χ4v) is 1.57. The first-order chi connectivity index (χ1) is 7.90. The number of carboxylic acid groups (broad SMARTS) is 1. The number of furan rings is 1. The number of nitrogens with one attached hydrogen (secondary N) is 1. The molecule has 6 nitrogen and oxygen atoms in total. The number of rotatable bonds is 6. The molecule has 1 aromatic heterocycles. The summed E-state index contributed by atoms with van der Waals surface area (Å²) in [5, 5.41) is 11.8. The maximum Gasteiger partial charge on any atom is 0.371 e. The van der Waals surface area contributed by atoms with Crippen LogP contribution in [0, 0.1) is 0 Å². The Morgan fingerprint density at radius 1 is 1.47 bits per heavy atom. The molecule has 0 aliphatic heterocycles. The van der Waals surface area contributed by atoms with Gasteiger partial charge in [0.15, 0.2) is 0 Å². The van der Waals surface area contributed by atoms with Crippen molar-refractivity contribution in [1.29, 1.82) is 0 Å². The molecule has 0 aromatic carbocycles. The number of carbonyl (C=O) groups is 2. The number of primary amides is 1. The van der Waals surface area contributed by atoms with Crippen LogP contribution in [0.15, 0.2) is 16.5 Å². The van der Waals surface area contributed by atoms with Crippen LogP contribution in [0.1, 0.15) is 42.6 Å². The Bertz CT molecular complexity index is 413. The van der Waals surface area contributed by atoms with Gasteiger partial charge in [0, 0.05) is 12.5 Å². The fraction of sp³-hybridized carbons (Fsp3) is 0.455. The highest BCUT2D eigenvalue weighted by atomic mass is 16.4. The highest BCUT2D eigenvalue weighted by Crippen LogP contribution is 2.17. The first-order valence-corrected chi connectivity index (χ1v) is 5.27. The van der Waals surface area contributed by atoms with Crippen molar-refractivity contribution < 1.29 is 19.1 Å². The van der Waals surface area contributed by atoms with Gasteiger partial charge < -0.3 is 20.6 Å². The van der Waals surface area contributed by atoms with Gasteiger partial charge in [0.1, 0.15) is 5.76 Å². The van der Waals surface area contributed by atoms with Gasteiger partial charge in [-0.05, 0) is 26.0 Å². The molecule has 0 fully saturated rings. The molecule has 6 heteroatoms. The van der Waals surface area contributed by atoms with Crippen molar-refractivity contribution in [2.45, 2.75) is 32.4 Å². The van der Waals surface area contributed by atoms with Crippen LogP contribution < -0.4 is 11.1 Å². The number of carboxylic acids is 1. The third kappa shape index (κ3) is 3.92. The molecule has 2 unspecified atom stereocenters. The zero-order valence-electron chi connectivity index (χ0n) is 9.77. The number of amides is 1. The van der Waals surface area contributed by atoms with Gasteiger partial charge in [-0.2, -0.15) is 0 Å². The lowest BCUT2D eigenvalue weighted by Gasteiger charge is -2.16. The summed E-state index contributed by atoms with van der Waals surface area (Å²) in [4.78, 5) is 21.3. The zero-order chi connectivity index (χ0) is 13.0. The van der Waals surface area contributed by atoms with Gasteiger partial charge in [0.05, 0.1) is 6.04 Å². The molecule has 0 aliphatic rings. The molecule has 1 amide bonds. The van der Waals surface area contributed by atoms with Crippen LogP contribution in [0.3, 0.4) is 0 Å². The average molecular weight is 240 g/mol. The Kier molecular flexibility index (Phi) is 4.28. The van der Waals surface area contributed by atoms with Crippen LogP contribution >= 0.6 is 0 Å². The number of hydrogen-bond donors (Lipinski definition) is 3. The summed E-state index contributed by atoms with van der Waals surface area (Å²) in [6.07, 6.45) is 0.219. The maximum absolute atomic E-state index is 10.7. The van der Waals surface area contributed by atoms with E-state index >= 15 is 0 Å². The monoisotopic (exact) mass is 240 g/mol. The van der Waals surface area contributed by atoms with Gasteiger partial charge in [-0.15, -0.1) is 0 Å². The molecule has 0 bridgehead atoms. The second-order valence-corrected chi connectivity index (χ2v) is 3.97. The minimum atomic E-state index is -1.10. The number of hydrogen-bond acceptors (Lipinski definition) is 4. The molecule has 2 atom stereocenters. The molecule has 0 spiro atoms. The topological polar surface area (TPSA) is 106 Å². The molecule has 0 aliphatic carbocycles. The van der Waals surface area contributed by atoms with E-state index in [-0.39, 0.29) is 30.2 Å². The van der Waals surface area contributed by atoms with Crippen molar-refractivity contribution in [3.8, 4) is 0 Å². The second kappa shape index (κ2) is 5.49.